The van der Waals surface area contributed by atoms with Gasteiger partial charge >= 0.3 is 0 Å². The molecule has 134 valence electrons. The van der Waals surface area contributed by atoms with E-state index in [0.29, 0.717) is 0 Å². The Morgan fingerprint density at radius 3 is 0.773 bits per heavy atom. The summed E-state index contributed by atoms with van der Waals surface area (Å²) in [6, 6.07) is 0. The highest BCUT2D eigenvalue weighted by Gasteiger charge is 2.36. The molecular formula is C18H42P4. The van der Waals surface area contributed by atoms with Crippen LogP contribution in [0.1, 0.15) is 62.3 Å². The zero-order chi connectivity index (χ0) is 17.3. The van der Waals surface area contributed by atoms with Gasteiger partial charge in [0.1, 0.15) is 0 Å². The van der Waals surface area contributed by atoms with E-state index in [1.165, 1.54) is 37.0 Å². The third-order valence-electron chi connectivity index (χ3n) is 5.32. The maximum Gasteiger partial charge on any atom is -0.00232 e. The third kappa shape index (κ3) is 6.55. The zero-order valence-electron chi connectivity index (χ0n) is 16.8. The van der Waals surface area contributed by atoms with Gasteiger partial charge in [-0.2, -0.15) is 0 Å². The van der Waals surface area contributed by atoms with E-state index in [1.807, 2.05) is 0 Å². The molecule has 0 N–H and O–H groups in total. The molecule has 0 saturated carbocycles. The summed E-state index contributed by atoms with van der Waals surface area (Å²) in [5.74, 6) is 0. The van der Waals surface area contributed by atoms with Gasteiger partial charge in [0.25, 0.3) is 0 Å². The van der Waals surface area contributed by atoms with E-state index in [1.54, 1.807) is 0 Å². The minimum absolute atomic E-state index is 0.189. The SMILES string of the molecule is CCP(CC)C(C)P(C(C)P(CC)CC)C(C)P(CC)CC. The van der Waals surface area contributed by atoms with E-state index < -0.39 is 0 Å². The highest BCUT2D eigenvalue weighted by Crippen LogP contribution is 2.73. The predicted molar refractivity (Wildman–Crippen MR) is 119 cm³/mol. The molecule has 0 aromatic heterocycles. The summed E-state index contributed by atoms with van der Waals surface area (Å²) in [4.78, 5) is 0. The number of rotatable bonds is 12. The molecule has 4 heteroatoms. The van der Waals surface area contributed by atoms with E-state index in [9.17, 15) is 0 Å². The Balaban J connectivity index is 5.45. The van der Waals surface area contributed by atoms with Crippen LogP contribution in [0.5, 0.6) is 0 Å². The van der Waals surface area contributed by atoms with Crippen LogP contribution < -0.4 is 0 Å². The average molecular weight is 382 g/mol. The van der Waals surface area contributed by atoms with Crippen LogP contribution in [-0.4, -0.2) is 53.2 Å². The minimum Gasteiger partial charge on any atom is -0.0999 e. The second-order valence-corrected chi connectivity index (χ2v) is 20.1. The monoisotopic (exact) mass is 382 g/mol. The van der Waals surface area contributed by atoms with Crippen LogP contribution in [0.15, 0.2) is 0 Å². The Kier molecular flexibility index (Phi) is 14.0. The lowest BCUT2D eigenvalue weighted by Crippen LogP contribution is -2.19. The summed E-state index contributed by atoms with van der Waals surface area (Å²) in [7, 11) is 0.964. The van der Waals surface area contributed by atoms with Gasteiger partial charge in [-0.25, -0.2) is 0 Å². The minimum atomic E-state index is 0.189. The molecule has 0 aromatic rings. The Bertz CT molecular complexity index is 217. The first kappa shape index (κ1) is 23.7. The van der Waals surface area contributed by atoms with E-state index in [4.69, 9.17) is 0 Å². The molecule has 0 spiro atoms. The summed E-state index contributed by atoms with van der Waals surface area (Å²) in [5, 5.41) is 3.07. The fourth-order valence-electron chi connectivity index (χ4n) is 3.76. The summed E-state index contributed by atoms with van der Waals surface area (Å²) >= 11 is 0. The lowest BCUT2D eigenvalue weighted by atomic mass is 10.9. The molecule has 0 aliphatic rings. The van der Waals surface area contributed by atoms with Crippen LogP contribution in [0.2, 0.25) is 0 Å². The molecule has 0 nitrogen and oxygen atoms in total. The van der Waals surface area contributed by atoms with Gasteiger partial charge in [-0.1, -0.05) is 94.0 Å². The summed E-state index contributed by atoms with van der Waals surface area (Å²) < 4.78 is 0. The second-order valence-electron chi connectivity index (χ2n) is 6.01. The highest BCUT2D eigenvalue weighted by molar-refractivity contribution is 7.88. The molecule has 3 atom stereocenters. The first-order chi connectivity index (χ1) is 10.4. The molecule has 3 unspecified atom stereocenters. The van der Waals surface area contributed by atoms with Crippen molar-refractivity contribution in [3.8, 4) is 0 Å². The molecule has 0 aliphatic heterocycles. The fourth-order valence-corrected chi connectivity index (χ4v) is 22.2. The topological polar surface area (TPSA) is 0 Å². The fraction of sp³-hybridized carbons (Fsp3) is 1.00. The molecule has 0 rings (SSSR count). The first-order valence-electron chi connectivity index (χ1n) is 9.42. The van der Waals surface area contributed by atoms with Crippen LogP contribution in [0.3, 0.4) is 0 Å². The molecule has 0 bridgehead atoms. The standard InChI is InChI=1S/C18H42P4/c1-10-19(11-2)16(7)22(17(8)20(12-3)13-4)18(9)21(14-5)15-6/h16-18H,10-15H2,1-9H3. The quantitative estimate of drug-likeness (QED) is 0.299. The van der Waals surface area contributed by atoms with Crippen molar-refractivity contribution < 1.29 is 0 Å². The lowest BCUT2D eigenvalue weighted by molar-refractivity contribution is 1.17. The number of hydrogen-bond acceptors (Lipinski definition) is 0. The van der Waals surface area contributed by atoms with Crippen LogP contribution in [-0.2, 0) is 0 Å². The molecule has 0 heterocycles. The maximum absolute atomic E-state index is 2.65. The van der Waals surface area contributed by atoms with Gasteiger partial charge in [0, 0.05) is 0 Å². The molecule has 0 radical (unpaired) electrons. The molecular weight excluding hydrogens is 340 g/mol. The smallest absolute Gasteiger partial charge is 0.00232 e. The van der Waals surface area contributed by atoms with Gasteiger partial charge in [0.2, 0.25) is 0 Å². The van der Waals surface area contributed by atoms with Gasteiger partial charge in [-0.3, -0.25) is 0 Å². The van der Waals surface area contributed by atoms with Crippen molar-refractivity contribution >= 4 is 31.7 Å². The molecule has 0 aromatic carbocycles. The molecule has 22 heavy (non-hydrogen) atoms. The maximum atomic E-state index is 2.65. The summed E-state index contributed by atoms with van der Waals surface area (Å²) in [5.41, 5.74) is 0. The van der Waals surface area contributed by atoms with Crippen LogP contribution in [0.25, 0.3) is 0 Å². The second kappa shape index (κ2) is 13.0. The van der Waals surface area contributed by atoms with Crippen LogP contribution >= 0.6 is 31.7 Å². The van der Waals surface area contributed by atoms with Crippen LogP contribution in [0, 0.1) is 0 Å². The molecule has 0 amide bonds. The molecule has 0 aliphatic carbocycles. The van der Waals surface area contributed by atoms with Crippen LogP contribution in [0.4, 0.5) is 0 Å². The summed E-state index contributed by atoms with van der Waals surface area (Å²) in [6.07, 6.45) is 8.65. The third-order valence-corrected chi connectivity index (χ3v) is 21.3. The van der Waals surface area contributed by atoms with E-state index >= 15 is 0 Å². The lowest BCUT2D eigenvalue weighted by Gasteiger charge is -2.44. The van der Waals surface area contributed by atoms with Gasteiger partial charge < -0.3 is 0 Å². The summed E-state index contributed by atoms with van der Waals surface area (Å²) in [6.45, 7) is 22.6. The zero-order valence-corrected chi connectivity index (χ0v) is 20.3. The van der Waals surface area contributed by atoms with Gasteiger partial charge in [-0.05, 0) is 53.2 Å². The van der Waals surface area contributed by atoms with E-state index in [0.717, 1.165) is 16.2 Å². The van der Waals surface area contributed by atoms with Gasteiger partial charge in [-0.15, -0.1) is 0 Å². The van der Waals surface area contributed by atoms with Gasteiger partial charge in [0.15, 0.2) is 0 Å². The molecule has 0 fully saturated rings. The normalized spacial score (nSPS) is 18.0. The average Bonchev–Trinajstić information content (AvgIpc) is 2.51. The predicted octanol–water partition coefficient (Wildman–Crippen LogP) is 8.07. The van der Waals surface area contributed by atoms with Crippen molar-refractivity contribution in [2.75, 3.05) is 37.0 Å². The number of hydrogen-bond donors (Lipinski definition) is 0. The Morgan fingerprint density at radius 1 is 0.455 bits per heavy atom. The Hall–Kier alpha value is 1.72. The van der Waals surface area contributed by atoms with Crippen molar-refractivity contribution in [2.24, 2.45) is 0 Å². The van der Waals surface area contributed by atoms with Crippen molar-refractivity contribution in [3.05, 3.63) is 0 Å². The Labute approximate surface area is 147 Å². The van der Waals surface area contributed by atoms with E-state index in [-0.39, 0.29) is 31.7 Å². The highest BCUT2D eigenvalue weighted by atomic mass is 31.2. The van der Waals surface area contributed by atoms with Gasteiger partial charge in [0.05, 0.1) is 0 Å². The van der Waals surface area contributed by atoms with Crippen molar-refractivity contribution in [2.45, 2.75) is 78.5 Å². The van der Waals surface area contributed by atoms with Crippen molar-refractivity contribution in [1.29, 1.82) is 0 Å². The van der Waals surface area contributed by atoms with Crippen molar-refractivity contribution in [3.63, 3.8) is 0 Å². The van der Waals surface area contributed by atoms with Crippen molar-refractivity contribution in [1.82, 2.24) is 0 Å². The molecule has 0 saturated heterocycles. The van der Waals surface area contributed by atoms with E-state index in [2.05, 4.69) is 62.3 Å². The largest absolute Gasteiger partial charge is 0.0999 e. The Morgan fingerprint density at radius 2 is 0.636 bits per heavy atom. The first-order valence-corrected chi connectivity index (χ1v) is 16.3.